The summed E-state index contributed by atoms with van der Waals surface area (Å²) in [5, 5.41) is 13.6. The zero-order valence-electron chi connectivity index (χ0n) is 14.8. The molecule has 1 atom stereocenters. The summed E-state index contributed by atoms with van der Waals surface area (Å²) >= 11 is 0. The predicted molar refractivity (Wildman–Crippen MR) is 97.7 cm³/mol. The number of nitrogens with zero attached hydrogens (tertiary/aromatic N) is 1. The van der Waals surface area contributed by atoms with Gasteiger partial charge in [-0.2, -0.15) is 0 Å². The molecule has 1 amide bonds. The molecule has 1 unspecified atom stereocenters. The van der Waals surface area contributed by atoms with Crippen molar-refractivity contribution in [2.75, 3.05) is 18.9 Å². The van der Waals surface area contributed by atoms with Gasteiger partial charge in [-0.15, -0.1) is 0 Å². The molecular weight excluding hydrogens is 318 g/mol. The summed E-state index contributed by atoms with van der Waals surface area (Å²) in [6, 6.07) is 14.5. The molecule has 0 aliphatic rings. The zero-order valence-corrected chi connectivity index (χ0v) is 14.8. The highest BCUT2D eigenvalue weighted by atomic mass is 16.6. The highest BCUT2D eigenvalue weighted by molar-refractivity contribution is 5.93. The summed E-state index contributed by atoms with van der Waals surface area (Å²) in [4.78, 5) is 23.7. The lowest BCUT2D eigenvalue weighted by molar-refractivity contribution is -0.885. The number of likely N-dealkylation sites (N-methyl/N-ethyl adjacent to an activating group) is 1. The van der Waals surface area contributed by atoms with E-state index in [0.717, 1.165) is 10.5 Å². The van der Waals surface area contributed by atoms with Gasteiger partial charge in [0.1, 0.15) is 12.2 Å². The van der Waals surface area contributed by atoms with Crippen molar-refractivity contribution in [3.05, 3.63) is 69.8 Å². The van der Waals surface area contributed by atoms with Crippen molar-refractivity contribution in [2.45, 2.75) is 26.3 Å². The molecule has 2 aromatic rings. The van der Waals surface area contributed by atoms with Crippen LogP contribution in [0.25, 0.3) is 0 Å². The molecule has 0 heterocycles. The third-order valence-corrected chi connectivity index (χ3v) is 3.99. The molecule has 6 nitrogen and oxygen atoms in total. The van der Waals surface area contributed by atoms with E-state index in [9.17, 15) is 14.9 Å². The van der Waals surface area contributed by atoms with E-state index in [-0.39, 0.29) is 23.8 Å². The van der Waals surface area contributed by atoms with Gasteiger partial charge in [0.2, 0.25) is 0 Å². The van der Waals surface area contributed by atoms with Crippen molar-refractivity contribution in [3.63, 3.8) is 0 Å². The average molecular weight is 342 g/mol. The molecule has 6 heteroatoms. The maximum atomic E-state index is 12.2. The number of hydrogen-bond acceptors (Lipinski definition) is 3. The monoisotopic (exact) mass is 342 g/mol. The summed E-state index contributed by atoms with van der Waals surface area (Å²) in [6.45, 7) is 5.25. The summed E-state index contributed by atoms with van der Waals surface area (Å²) < 4.78 is 0. The second-order valence-corrected chi connectivity index (χ2v) is 6.53. The number of anilines is 1. The first-order valence-electron chi connectivity index (χ1n) is 8.30. The summed E-state index contributed by atoms with van der Waals surface area (Å²) in [5.74, 6) is 0.247. The van der Waals surface area contributed by atoms with Gasteiger partial charge in [-0.1, -0.05) is 50.2 Å². The molecule has 0 aromatic heterocycles. The highest BCUT2D eigenvalue weighted by Crippen LogP contribution is 2.22. The number of benzene rings is 2. The fraction of sp³-hybridized carbons (Fsp3) is 0.316. The molecular formula is C19H24N3O3+. The fourth-order valence-electron chi connectivity index (χ4n) is 2.64. The Kier molecular flexibility index (Phi) is 6.25. The Morgan fingerprint density at radius 1 is 1.16 bits per heavy atom. The zero-order chi connectivity index (χ0) is 18.4. The first-order chi connectivity index (χ1) is 11.9. The van der Waals surface area contributed by atoms with Crippen molar-refractivity contribution >= 4 is 17.3 Å². The van der Waals surface area contributed by atoms with Crippen LogP contribution in [0.3, 0.4) is 0 Å². The molecule has 2 rings (SSSR count). The van der Waals surface area contributed by atoms with E-state index in [2.05, 4.69) is 43.4 Å². The Morgan fingerprint density at radius 2 is 1.80 bits per heavy atom. The molecule has 0 saturated heterocycles. The van der Waals surface area contributed by atoms with Gasteiger partial charge in [0.05, 0.1) is 12.0 Å². The van der Waals surface area contributed by atoms with Crippen molar-refractivity contribution in [2.24, 2.45) is 0 Å². The van der Waals surface area contributed by atoms with Crippen molar-refractivity contribution < 1.29 is 14.6 Å². The van der Waals surface area contributed by atoms with Crippen LogP contribution in [0.4, 0.5) is 11.4 Å². The number of quaternary nitrogens is 1. The summed E-state index contributed by atoms with van der Waals surface area (Å²) in [7, 11) is 1.93. The molecule has 0 aliphatic heterocycles. The number of nitrogens with one attached hydrogen (secondary N) is 2. The Bertz CT molecular complexity index is 742. The van der Waals surface area contributed by atoms with Gasteiger partial charge in [0.15, 0.2) is 6.54 Å². The Hall–Kier alpha value is -2.73. The predicted octanol–water partition coefficient (Wildman–Crippen LogP) is 2.37. The van der Waals surface area contributed by atoms with Crippen LogP contribution in [0.15, 0.2) is 48.5 Å². The van der Waals surface area contributed by atoms with Gasteiger partial charge in [-0.25, -0.2) is 0 Å². The molecule has 2 N–H and O–H groups in total. The molecule has 0 fully saturated rings. The van der Waals surface area contributed by atoms with Crippen LogP contribution in [-0.4, -0.2) is 24.4 Å². The van der Waals surface area contributed by atoms with Gasteiger partial charge in [-0.05, 0) is 17.5 Å². The normalized spacial score (nSPS) is 12.0. The molecule has 132 valence electrons. The minimum atomic E-state index is -0.498. The van der Waals surface area contributed by atoms with Gasteiger partial charge in [0.25, 0.3) is 11.6 Å². The van der Waals surface area contributed by atoms with E-state index < -0.39 is 4.92 Å². The lowest BCUT2D eigenvalue weighted by Gasteiger charge is -2.14. The number of nitro groups is 1. The van der Waals surface area contributed by atoms with E-state index in [1.807, 2.05) is 7.05 Å². The summed E-state index contributed by atoms with van der Waals surface area (Å²) in [6.07, 6.45) is 0. The van der Waals surface area contributed by atoms with E-state index >= 15 is 0 Å². The van der Waals surface area contributed by atoms with Crippen LogP contribution in [0.2, 0.25) is 0 Å². The molecule has 0 spiro atoms. The molecule has 0 bridgehead atoms. The quantitative estimate of drug-likeness (QED) is 0.599. The maximum absolute atomic E-state index is 12.2. The van der Waals surface area contributed by atoms with Crippen molar-refractivity contribution in [1.82, 2.24) is 0 Å². The standard InChI is InChI=1S/C19H23N3O3/c1-14(2)16-10-8-15(9-11-16)12-21(3)13-19(23)20-17-6-4-5-7-18(17)22(24)25/h4-11,14H,12-13H2,1-3H3,(H,20,23)/p+1. The van der Waals surface area contributed by atoms with Gasteiger partial charge < -0.3 is 10.2 Å². The third-order valence-electron chi connectivity index (χ3n) is 3.99. The van der Waals surface area contributed by atoms with E-state index in [0.29, 0.717) is 12.5 Å². The number of hydrogen-bond donors (Lipinski definition) is 2. The second-order valence-electron chi connectivity index (χ2n) is 6.53. The average Bonchev–Trinajstić information content (AvgIpc) is 2.55. The lowest BCUT2D eigenvalue weighted by atomic mass is 10.0. The molecule has 0 aliphatic carbocycles. The van der Waals surface area contributed by atoms with E-state index in [1.54, 1.807) is 12.1 Å². The highest BCUT2D eigenvalue weighted by Gasteiger charge is 2.17. The molecule has 25 heavy (non-hydrogen) atoms. The van der Waals surface area contributed by atoms with Gasteiger partial charge >= 0.3 is 0 Å². The Balaban J connectivity index is 1.93. The number of rotatable bonds is 7. The van der Waals surface area contributed by atoms with E-state index in [4.69, 9.17) is 0 Å². The van der Waals surface area contributed by atoms with Crippen LogP contribution in [0.5, 0.6) is 0 Å². The van der Waals surface area contributed by atoms with Crippen LogP contribution >= 0.6 is 0 Å². The van der Waals surface area contributed by atoms with Crippen LogP contribution < -0.4 is 10.2 Å². The summed E-state index contributed by atoms with van der Waals surface area (Å²) in [5.41, 5.74) is 2.57. The van der Waals surface area contributed by atoms with Gasteiger partial charge in [-0.3, -0.25) is 14.9 Å². The largest absolute Gasteiger partial charge is 0.326 e. The van der Waals surface area contributed by atoms with Crippen LogP contribution in [0.1, 0.15) is 30.9 Å². The Morgan fingerprint density at radius 3 is 2.40 bits per heavy atom. The number of carbonyl (C=O) groups excluding carboxylic acids is 1. The third kappa shape index (κ3) is 5.39. The molecule has 0 radical (unpaired) electrons. The minimum Gasteiger partial charge on any atom is -0.326 e. The first kappa shape index (κ1) is 18.6. The fourth-order valence-corrected chi connectivity index (χ4v) is 2.64. The SMILES string of the molecule is CC(C)c1ccc(C[NH+](C)CC(=O)Nc2ccccc2[N+](=O)[O-])cc1. The number of nitro benzene ring substituents is 1. The smallest absolute Gasteiger partial charge is 0.292 e. The van der Waals surface area contributed by atoms with Crippen molar-refractivity contribution in [1.29, 1.82) is 0 Å². The topological polar surface area (TPSA) is 76.7 Å². The first-order valence-corrected chi connectivity index (χ1v) is 8.30. The van der Waals surface area contributed by atoms with Crippen molar-refractivity contribution in [3.8, 4) is 0 Å². The molecule has 0 saturated carbocycles. The van der Waals surface area contributed by atoms with Crippen LogP contribution in [-0.2, 0) is 11.3 Å². The van der Waals surface area contributed by atoms with Crippen LogP contribution in [0, 0.1) is 10.1 Å². The lowest BCUT2D eigenvalue weighted by Crippen LogP contribution is -3.08. The number of para-hydroxylation sites is 2. The number of amides is 1. The maximum Gasteiger partial charge on any atom is 0.292 e. The minimum absolute atomic E-state index is 0.0993. The van der Waals surface area contributed by atoms with Gasteiger partial charge in [0, 0.05) is 11.6 Å². The number of carbonyl (C=O) groups is 1. The second kappa shape index (κ2) is 8.39. The molecule has 2 aromatic carbocycles. The Labute approximate surface area is 147 Å². The van der Waals surface area contributed by atoms with E-state index in [1.165, 1.54) is 17.7 Å².